The molecule has 0 aromatic heterocycles. The summed E-state index contributed by atoms with van der Waals surface area (Å²) < 4.78 is 11.0. The molecular formula is C22H26N4O4. The quantitative estimate of drug-likeness (QED) is 0.439. The van der Waals surface area contributed by atoms with Gasteiger partial charge in [-0.3, -0.25) is 9.59 Å². The van der Waals surface area contributed by atoms with E-state index in [1.807, 2.05) is 62.4 Å². The first-order chi connectivity index (χ1) is 14.6. The molecule has 30 heavy (non-hydrogen) atoms. The van der Waals surface area contributed by atoms with Gasteiger partial charge in [-0.05, 0) is 38.1 Å². The fraction of sp³-hybridized carbons (Fsp3) is 0.273. The number of ether oxygens (including phenoxy) is 2. The van der Waals surface area contributed by atoms with E-state index < -0.39 is 0 Å². The molecule has 0 heterocycles. The summed E-state index contributed by atoms with van der Waals surface area (Å²) in [7, 11) is 0. The molecule has 8 nitrogen and oxygen atoms in total. The zero-order valence-electron chi connectivity index (χ0n) is 17.1. The van der Waals surface area contributed by atoms with Gasteiger partial charge in [-0.15, -0.1) is 0 Å². The summed E-state index contributed by atoms with van der Waals surface area (Å²) in [6.45, 7) is 4.85. The molecule has 2 amide bonds. The van der Waals surface area contributed by atoms with Crippen LogP contribution in [0.4, 0.5) is 0 Å². The predicted molar refractivity (Wildman–Crippen MR) is 116 cm³/mol. The maximum absolute atomic E-state index is 11.9. The summed E-state index contributed by atoms with van der Waals surface area (Å²) in [5.74, 6) is 0.615. The number of hydrazone groups is 2. The van der Waals surface area contributed by atoms with Gasteiger partial charge in [0.2, 0.25) is 11.8 Å². The summed E-state index contributed by atoms with van der Waals surface area (Å²) >= 11 is 0. The van der Waals surface area contributed by atoms with Crippen molar-refractivity contribution in [1.82, 2.24) is 10.9 Å². The second-order valence-corrected chi connectivity index (χ2v) is 6.03. The predicted octanol–water partition coefficient (Wildman–Crippen LogP) is 2.86. The summed E-state index contributed by atoms with van der Waals surface area (Å²) in [5.41, 5.74) is 6.30. The smallest absolute Gasteiger partial charge is 0.240 e. The second-order valence-electron chi connectivity index (χ2n) is 6.03. The molecule has 2 aromatic rings. The van der Waals surface area contributed by atoms with Crippen molar-refractivity contribution in [2.75, 3.05) is 13.2 Å². The molecule has 2 N–H and O–H groups in total. The Balaban J connectivity index is 1.75. The van der Waals surface area contributed by atoms with Crippen molar-refractivity contribution < 1.29 is 19.1 Å². The van der Waals surface area contributed by atoms with E-state index in [0.29, 0.717) is 24.7 Å². The van der Waals surface area contributed by atoms with Crippen molar-refractivity contribution in [2.24, 2.45) is 10.2 Å². The molecule has 0 aliphatic heterocycles. The van der Waals surface area contributed by atoms with E-state index in [-0.39, 0.29) is 24.7 Å². The number of para-hydroxylation sites is 2. The average molecular weight is 410 g/mol. The van der Waals surface area contributed by atoms with Gasteiger partial charge in [0.15, 0.2) is 0 Å². The normalized spacial score (nSPS) is 10.9. The third-order valence-electron chi connectivity index (χ3n) is 3.80. The van der Waals surface area contributed by atoms with Crippen LogP contribution in [0.5, 0.6) is 11.5 Å². The Kier molecular flexibility index (Phi) is 9.58. The number of carbonyl (C=O) groups excluding carboxylic acids is 2. The minimum Gasteiger partial charge on any atom is -0.493 e. The SMILES string of the molecule is CCOc1ccccc1C=NNC(=O)CCC(=O)NN=Cc1ccccc1OCC. The Morgan fingerprint density at radius 1 is 0.767 bits per heavy atom. The van der Waals surface area contributed by atoms with Crippen LogP contribution in [0.1, 0.15) is 37.8 Å². The molecule has 0 saturated heterocycles. The van der Waals surface area contributed by atoms with Crippen molar-refractivity contribution in [1.29, 1.82) is 0 Å². The number of nitrogens with one attached hydrogen (secondary N) is 2. The first kappa shape index (κ1) is 22.6. The van der Waals surface area contributed by atoms with Crippen LogP contribution in [0.15, 0.2) is 58.7 Å². The van der Waals surface area contributed by atoms with Crippen molar-refractivity contribution in [3.63, 3.8) is 0 Å². The van der Waals surface area contributed by atoms with E-state index in [4.69, 9.17) is 9.47 Å². The van der Waals surface area contributed by atoms with Crippen LogP contribution >= 0.6 is 0 Å². The van der Waals surface area contributed by atoms with Crippen molar-refractivity contribution in [3.05, 3.63) is 59.7 Å². The number of hydrogen-bond donors (Lipinski definition) is 2. The number of amides is 2. The molecule has 0 unspecified atom stereocenters. The fourth-order valence-electron chi connectivity index (χ4n) is 2.43. The van der Waals surface area contributed by atoms with Gasteiger partial charge >= 0.3 is 0 Å². The first-order valence-electron chi connectivity index (χ1n) is 9.71. The maximum atomic E-state index is 11.9. The molecule has 8 heteroatoms. The van der Waals surface area contributed by atoms with E-state index >= 15 is 0 Å². The number of nitrogens with zero attached hydrogens (tertiary/aromatic N) is 2. The minimum absolute atomic E-state index is 0.0126. The standard InChI is InChI=1S/C22H26N4O4/c1-3-29-19-11-7-5-9-17(19)15-23-25-21(27)13-14-22(28)26-24-16-18-10-6-8-12-20(18)30-4-2/h5-12,15-16H,3-4,13-14H2,1-2H3,(H,25,27)(H,26,28). The molecule has 0 aliphatic rings. The Labute approximate surface area is 176 Å². The van der Waals surface area contributed by atoms with Gasteiger partial charge in [0.05, 0.1) is 25.6 Å². The topological polar surface area (TPSA) is 101 Å². The zero-order valence-corrected chi connectivity index (χ0v) is 17.1. The van der Waals surface area contributed by atoms with E-state index in [1.54, 1.807) is 0 Å². The number of rotatable bonds is 11. The fourth-order valence-corrected chi connectivity index (χ4v) is 2.43. The third kappa shape index (κ3) is 7.75. The van der Waals surface area contributed by atoms with Gasteiger partial charge in [0, 0.05) is 24.0 Å². The van der Waals surface area contributed by atoms with E-state index in [9.17, 15) is 9.59 Å². The molecule has 0 saturated carbocycles. The molecule has 2 aromatic carbocycles. The molecule has 0 bridgehead atoms. The van der Waals surface area contributed by atoms with Gasteiger partial charge in [0.25, 0.3) is 0 Å². The Hall–Kier alpha value is -3.68. The van der Waals surface area contributed by atoms with Crippen LogP contribution in [0.25, 0.3) is 0 Å². The van der Waals surface area contributed by atoms with Crippen LogP contribution in [0.2, 0.25) is 0 Å². The summed E-state index contributed by atoms with van der Waals surface area (Å²) in [5, 5.41) is 7.82. The first-order valence-corrected chi connectivity index (χ1v) is 9.71. The van der Waals surface area contributed by atoms with Crippen LogP contribution in [-0.4, -0.2) is 37.5 Å². The number of hydrogen-bond acceptors (Lipinski definition) is 6. The van der Waals surface area contributed by atoms with Gasteiger partial charge in [0.1, 0.15) is 11.5 Å². The Bertz CT molecular complexity index is 823. The van der Waals surface area contributed by atoms with Crippen molar-refractivity contribution in [3.8, 4) is 11.5 Å². The van der Waals surface area contributed by atoms with Gasteiger partial charge in [-0.25, -0.2) is 10.9 Å². The van der Waals surface area contributed by atoms with Crippen molar-refractivity contribution in [2.45, 2.75) is 26.7 Å². The average Bonchev–Trinajstić information content (AvgIpc) is 2.75. The van der Waals surface area contributed by atoms with Crippen LogP contribution in [0.3, 0.4) is 0 Å². The molecule has 158 valence electrons. The molecular weight excluding hydrogens is 384 g/mol. The van der Waals surface area contributed by atoms with Crippen LogP contribution in [-0.2, 0) is 9.59 Å². The van der Waals surface area contributed by atoms with Crippen LogP contribution < -0.4 is 20.3 Å². The van der Waals surface area contributed by atoms with Gasteiger partial charge < -0.3 is 9.47 Å². The molecule has 0 fully saturated rings. The van der Waals surface area contributed by atoms with E-state index in [2.05, 4.69) is 21.1 Å². The largest absolute Gasteiger partial charge is 0.493 e. The highest BCUT2D eigenvalue weighted by Crippen LogP contribution is 2.16. The van der Waals surface area contributed by atoms with Crippen molar-refractivity contribution >= 4 is 24.2 Å². The monoisotopic (exact) mass is 410 g/mol. The van der Waals surface area contributed by atoms with Gasteiger partial charge in [-0.2, -0.15) is 10.2 Å². The lowest BCUT2D eigenvalue weighted by molar-refractivity contribution is -0.126. The van der Waals surface area contributed by atoms with Crippen LogP contribution in [0, 0.1) is 0 Å². The highest BCUT2D eigenvalue weighted by Gasteiger charge is 2.06. The lowest BCUT2D eigenvalue weighted by Crippen LogP contribution is -2.22. The molecule has 2 rings (SSSR count). The maximum Gasteiger partial charge on any atom is 0.240 e. The summed E-state index contributed by atoms with van der Waals surface area (Å²) in [6.07, 6.45) is 2.98. The Morgan fingerprint density at radius 2 is 1.17 bits per heavy atom. The second kappa shape index (κ2) is 12.7. The van der Waals surface area contributed by atoms with E-state index in [1.165, 1.54) is 12.4 Å². The summed E-state index contributed by atoms with van der Waals surface area (Å²) in [6, 6.07) is 14.7. The molecule has 0 spiro atoms. The Morgan fingerprint density at radius 3 is 1.57 bits per heavy atom. The highest BCUT2D eigenvalue weighted by atomic mass is 16.5. The number of carbonyl (C=O) groups is 2. The summed E-state index contributed by atoms with van der Waals surface area (Å²) in [4.78, 5) is 23.7. The minimum atomic E-state index is -0.374. The number of benzene rings is 2. The molecule has 0 aliphatic carbocycles. The molecule has 0 radical (unpaired) electrons. The highest BCUT2D eigenvalue weighted by molar-refractivity contribution is 5.88. The lowest BCUT2D eigenvalue weighted by Gasteiger charge is -2.06. The zero-order chi connectivity index (χ0) is 21.6. The van der Waals surface area contributed by atoms with Gasteiger partial charge in [-0.1, -0.05) is 24.3 Å². The van der Waals surface area contributed by atoms with E-state index in [0.717, 1.165) is 11.1 Å². The third-order valence-corrected chi connectivity index (χ3v) is 3.80. The lowest BCUT2D eigenvalue weighted by atomic mass is 10.2. The molecule has 0 atom stereocenters.